The Labute approximate surface area is 131 Å². The SMILES string of the molecule is NC(=O)C(Nc1ccc(Cl)cc1)c1cc(Cl)cc(Cl)c1. The highest BCUT2D eigenvalue weighted by Crippen LogP contribution is 2.26. The summed E-state index contributed by atoms with van der Waals surface area (Å²) in [7, 11) is 0. The summed E-state index contributed by atoms with van der Waals surface area (Å²) >= 11 is 17.7. The molecular weight excluding hydrogens is 319 g/mol. The van der Waals surface area contributed by atoms with Gasteiger partial charge in [0.2, 0.25) is 5.91 Å². The van der Waals surface area contributed by atoms with Crippen LogP contribution in [0.1, 0.15) is 11.6 Å². The van der Waals surface area contributed by atoms with Gasteiger partial charge >= 0.3 is 0 Å². The Bertz CT molecular complexity index is 609. The van der Waals surface area contributed by atoms with E-state index in [2.05, 4.69) is 5.32 Å². The van der Waals surface area contributed by atoms with Gasteiger partial charge in [-0.15, -0.1) is 0 Å². The fourth-order valence-corrected chi connectivity index (χ4v) is 2.44. The molecule has 3 nitrogen and oxygen atoms in total. The smallest absolute Gasteiger partial charge is 0.244 e. The summed E-state index contributed by atoms with van der Waals surface area (Å²) < 4.78 is 0. The molecule has 0 bridgehead atoms. The normalized spacial score (nSPS) is 11.9. The Morgan fingerprint density at radius 1 is 0.950 bits per heavy atom. The number of nitrogens with two attached hydrogens (primary N) is 1. The second-order valence-corrected chi connectivity index (χ2v) is 5.50. The van der Waals surface area contributed by atoms with Gasteiger partial charge < -0.3 is 11.1 Å². The van der Waals surface area contributed by atoms with Crippen LogP contribution in [0.2, 0.25) is 15.1 Å². The molecule has 1 unspecified atom stereocenters. The highest BCUT2D eigenvalue weighted by Gasteiger charge is 2.18. The van der Waals surface area contributed by atoms with Gasteiger partial charge in [0.1, 0.15) is 6.04 Å². The molecule has 104 valence electrons. The zero-order valence-electron chi connectivity index (χ0n) is 10.2. The lowest BCUT2D eigenvalue weighted by molar-refractivity contribution is -0.118. The average molecular weight is 330 g/mol. The third kappa shape index (κ3) is 3.79. The van der Waals surface area contributed by atoms with Gasteiger partial charge in [0.15, 0.2) is 0 Å². The number of carbonyl (C=O) groups excluding carboxylic acids is 1. The molecule has 1 amide bonds. The van der Waals surface area contributed by atoms with Crippen LogP contribution in [0.5, 0.6) is 0 Å². The number of anilines is 1. The molecule has 0 radical (unpaired) electrons. The molecule has 0 saturated carbocycles. The predicted molar refractivity (Wildman–Crippen MR) is 83.5 cm³/mol. The largest absolute Gasteiger partial charge is 0.370 e. The molecule has 0 spiro atoms. The molecule has 6 heteroatoms. The fourth-order valence-electron chi connectivity index (χ4n) is 1.77. The number of hydrogen-bond acceptors (Lipinski definition) is 2. The van der Waals surface area contributed by atoms with E-state index in [1.165, 1.54) is 0 Å². The Hall–Kier alpha value is -1.42. The molecule has 0 fully saturated rings. The van der Waals surface area contributed by atoms with E-state index in [0.717, 1.165) is 0 Å². The average Bonchev–Trinajstić information content (AvgIpc) is 2.36. The number of halogens is 3. The lowest BCUT2D eigenvalue weighted by Gasteiger charge is -2.17. The Balaban J connectivity index is 2.31. The van der Waals surface area contributed by atoms with Gasteiger partial charge in [-0.1, -0.05) is 34.8 Å². The maximum Gasteiger partial charge on any atom is 0.244 e. The summed E-state index contributed by atoms with van der Waals surface area (Å²) in [5, 5.41) is 4.52. The number of benzene rings is 2. The highest BCUT2D eigenvalue weighted by molar-refractivity contribution is 6.34. The first-order valence-electron chi connectivity index (χ1n) is 5.73. The second-order valence-electron chi connectivity index (χ2n) is 4.19. The van der Waals surface area contributed by atoms with E-state index in [4.69, 9.17) is 40.5 Å². The van der Waals surface area contributed by atoms with Crippen LogP contribution in [0.15, 0.2) is 42.5 Å². The monoisotopic (exact) mass is 328 g/mol. The molecule has 2 aromatic carbocycles. The van der Waals surface area contributed by atoms with E-state index < -0.39 is 11.9 Å². The van der Waals surface area contributed by atoms with Crippen molar-refractivity contribution in [2.75, 3.05) is 5.32 Å². The van der Waals surface area contributed by atoms with Crippen molar-refractivity contribution in [1.29, 1.82) is 0 Å². The van der Waals surface area contributed by atoms with Crippen molar-refractivity contribution in [1.82, 2.24) is 0 Å². The highest BCUT2D eigenvalue weighted by atomic mass is 35.5. The maximum atomic E-state index is 11.6. The molecule has 0 saturated heterocycles. The molecule has 1 atom stereocenters. The van der Waals surface area contributed by atoms with Crippen molar-refractivity contribution in [3.8, 4) is 0 Å². The Morgan fingerprint density at radius 2 is 1.50 bits per heavy atom. The summed E-state index contributed by atoms with van der Waals surface area (Å²) in [6.07, 6.45) is 0. The van der Waals surface area contributed by atoms with Crippen LogP contribution in [0.4, 0.5) is 5.69 Å². The summed E-state index contributed by atoms with van der Waals surface area (Å²) in [6, 6.07) is 11.1. The minimum atomic E-state index is -0.729. The maximum absolute atomic E-state index is 11.6. The van der Waals surface area contributed by atoms with Crippen LogP contribution in [-0.4, -0.2) is 5.91 Å². The number of primary amides is 1. The predicted octanol–water partition coefficient (Wildman–Crippen LogP) is 4.29. The molecule has 0 aliphatic carbocycles. The topological polar surface area (TPSA) is 55.1 Å². The Kier molecular flexibility index (Phi) is 4.76. The first kappa shape index (κ1) is 15.0. The number of nitrogens with one attached hydrogen (secondary N) is 1. The van der Waals surface area contributed by atoms with E-state index in [0.29, 0.717) is 26.3 Å². The molecule has 0 heterocycles. The van der Waals surface area contributed by atoms with Gasteiger partial charge in [-0.25, -0.2) is 0 Å². The number of carbonyl (C=O) groups is 1. The zero-order chi connectivity index (χ0) is 14.7. The van der Waals surface area contributed by atoms with E-state index in [-0.39, 0.29) is 0 Å². The number of hydrogen-bond donors (Lipinski definition) is 2. The molecule has 2 aromatic rings. The van der Waals surface area contributed by atoms with Crippen LogP contribution in [0, 0.1) is 0 Å². The van der Waals surface area contributed by atoms with E-state index in [9.17, 15) is 4.79 Å². The summed E-state index contributed by atoms with van der Waals surface area (Å²) in [5.74, 6) is -0.529. The van der Waals surface area contributed by atoms with Gasteiger partial charge in [0.05, 0.1) is 0 Å². The van der Waals surface area contributed by atoms with Gasteiger partial charge in [0.25, 0.3) is 0 Å². The van der Waals surface area contributed by atoms with Crippen molar-refractivity contribution in [2.24, 2.45) is 5.73 Å². The minimum absolute atomic E-state index is 0.441. The van der Waals surface area contributed by atoms with E-state index in [1.54, 1.807) is 42.5 Å². The van der Waals surface area contributed by atoms with Crippen molar-refractivity contribution in [2.45, 2.75) is 6.04 Å². The third-order valence-electron chi connectivity index (χ3n) is 2.66. The van der Waals surface area contributed by atoms with Crippen LogP contribution in [-0.2, 0) is 4.79 Å². The zero-order valence-corrected chi connectivity index (χ0v) is 12.5. The fraction of sp³-hybridized carbons (Fsp3) is 0.0714. The molecule has 2 rings (SSSR count). The van der Waals surface area contributed by atoms with Crippen molar-refractivity contribution in [3.63, 3.8) is 0 Å². The molecule has 0 aliphatic heterocycles. The van der Waals surface area contributed by atoms with Crippen molar-refractivity contribution in [3.05, 3.63) is 63.1 Å². The van der Waals surface area contributed by atoms with Gasteiger partial charge in [-0.2, -0.15) is 0 Å². The first-order chi connectivity index (χ1) is 9.45. The summed E-state index contributed by atoms with van der Waals surface area (Å²) in [6.45, 7) is 0. The molecule has 0 aliphatic rings. The van der Waals surface area contributed by atoms with Crippen molar-refractivity contribution >= 4 is 46.4 Å². The molecule has 20 heavy (non-hydrogen) atoms. The minimum Gasteiger partial charge on any atom is -0.370 e. The van der Waals surface area contributed by atoms with Crippen LogP contribution < -0.4 is 11.1 Å². The summed E-state index contributed by atoms with van der Waals surface area (Å²) in [5.41, 5.74) is 6.75. The van der Waals surface area contributed by atoms with Crippen LogP contribution >= 0.6 is 34.8 Å². The standard InChI is InChI=1S/C14H11Cl3N2O/c15-9-1-3-12(4-2-9)19-13(14(18)20)8-5-10(16)7-11(17)6-8/h1-7,13,19H,(H2,18,20). The summed E-state index contributed by atoms with van der Waals surface area (Å²) in [4.78, 5) is 11.6. The number of rotatable bonds is 4. The van der Waals surface area contributed by atoms with Crippen molar-refractivity contribution < 1.29 is 4.79 Å². The Morgan fingerprint density at radius 3 is 2.00 bits per heavy atom. The van der Waals surface area contributed by atoms with Gasteiger partial charge in [-0.3, -0.25) is 4.79 Å². The second kappa shape index (κ2) is 6.35. The molecule has 3 N–H and O–H groups in total. The number of amides is 1. The first-order valence-corrected chi connectivity index (χ1v) is 6.86. The quantitative estimate of drug-likeness (QED) is 0.879. The molecule has 0 aromatic heterocycles. The van der Waals surface area contributed by atoms with E-state index in [1.807, 2.05) is 0 Å². The van der Waals surface area contributed by atoms with E-state index >= 15 is 0 Å². The van der Waals surface area contributed by atoms with Gasteiger partial charge in [0, 0.05) is 20.8 Å². The van der Waals surface area contributed by atoms with Gasteiger partial charge in [-0.05, 0) is 48.0 Å². The molecular formula is C14H11Cl3N2O. The van der Waals surface area contributed by atoms with Crippen LogP contribution in [0.25, 0.3) is 0 Å². The lowest BCUT2D eigenvalue weighted by Crippen LogP contribution is -2.27. The lowest BCUT2D eigenvalue weighted by atomic mass is 10.1. The van der Waals surface area contributed by atoms with Crippen LogP contribution in [0.3, 0.4) is 0 Å². The third-order valence-corrected chi connectivity index (χ3v) is 3.35.